The van der Waals surface area contributed by atoms with Gasteiger partial charge in [-0.05, 0) is 19.4 Å². The summed E-state index contributed by atoms with van der Waals surface area (Å²) in [4.78, 5) is 1.15. The van der Waals surface area contributed by atoms with Crippen LogP contribution in [0, 0.1) is 0 Å². The molecule has 0 spiro atoms. The highest BCUT2D eigenvalue weighted by Crippen LogP contribution is 2.27. The van der Waals surface area contributed by atoms with E-state index in [1.54, 1.807) is 23.9 Å². The first-order valence-electron chi connectivity index (χ1n) is 6.79. The van der Waals surface area contributed by atoms with Crippen LogP contribution < -0.4 is 0 Å². The molecule has 2 nitrogen and oxygen atoms in total. The fourth-order valence-corrected chi connectivity index (χ4v) is 2.33. The van der Waals surface area contributed by atoms with Crippen LogP contribution in [0.4, 0.5) is 0 Å². The summed E-state index contributed by atoms with van der Waals surface area (Å²) >= 11 is 1.79. The van der Waals surface area contributed by atoms with Crippen molar-refractivity contribution in [2.45, 2.75) is 33.3 Å². The Kier molecular flexibility index (Phi) is 11.5. The van der Waals surface area contributed by atoms with Crippen molar-refractivity contribution in [2.75, 3.05) is 19.0 Å². The molecular weight excluding hydrogens is 256 g/mol. The maximum atomic E-state index is 5.61. The molecule has 3 heteroatoms. The maximum absolute atomic E-state index is 5.61. The molecular formula is C16H26O2S. The van der Waals surface area contributed by atoms with Gasteiger partial charge in [-0.25, -0.2) is 0 Å². The SMILES string of the molecule is C=C/C=C(OCC=C)\C(=C/C)SCCC1CO1.CC. The Balaban J connectivity index is 0.00000154. The molecule has 1 unspecified atom stereocenters. The van der Waals surface area contributed by atoms with E-state index in [4.69, 9.17) is 9.47 Å². The second-order valence-corrected chi connectivity index (χ2v) is 4.75. The number of ether oxygens (including phenoxy) is 2. The second-order valence-electron chi connectivity index (χ2n) is 3.61. The van der Waals surface area contributed by atoms with Crippen molar-refractivity contribution in [3.05, 3.63) is 48.1 Å². The van der Waals surface area contributed by atoms with Gasteiger partial charge >= 0.3 is 0 Å². The summed E-state index contributed by atoms with van der Waals surface area (Å²) in [7, 11) is 0. The largest absolute Gasteiger partial charge is 0.488 e. The van der Waals surface area contributed by atoms with E-state index in [2.05, 4.69) is 19.2 Å². The molecule has 0 aromatic rings. The van der Waals surface area contributed by atoms with Crippen molar-refractivity contribution in [3.8, 4) is 0 Å². The van der Waals surface area contributed by atoms with Crippen LogP contribution in [-0.4, -0.2) is 25.1 Å². The van der Waals surface area contributed by atoms with Gasteiger partial charge in [0, 0.05) is 10.7 Å². The molecule has 1 rings (SSSR count). The Morgan fingerprint density at radius 1 is 1.42 bits per heavy atom. The van der Waals surface area contributed by atoms with Crippen LogP contribution in [0.2, 0.25) is 0 Å². The Bertz CT molecular complexity index is 315. The fourth-order valence-electron chi connectivity index (χ4n) is 1.29. The van der Waals surface area contributed by atoms with E-state index >= 15 is 0 Å². The predicted octanol–water partition coefficient (Wildman–Crippen LogP) is 4.71. The van der Waals surface area contributed by atoms with Gasteiger partial charge in [-0.3, -0.25) is 0 Å². The lowest BCUT2D eigenvalue weighted by molar-refractivity contribution is 0.260. The zero-order chi connectivity index (χ0) is 14.5. The zero-order valence-electron chi connectivity index (χ0n) is 12.4. The number of allylic oxidation sites excluding steroid dienone is 3. The normalized spacial score (nSPS) is 18.2. The minimum Gasteiger partial charge on any atom is -0.488 e. The van der Waals surface area contributed by atoms with E-state index < -0.39 is 0 Å². The van der Waals surface area contributed by atoms with Gasteiger partial charge in [-0.1, -0.05) is 45.2 Å². The molecule has 0 amide bonds. The summed E-state index contributed by atoms with van der Waals surface area (Å²) < 4.78 is 10.8. The van der Waals surface area contributed by atoms with Gasteiger partial charge in [0.15, 0.2) is 0 Å². The Labute approximate surface area is 122 Å². The number of rotatable bonds is 9. The minimum absolute atomic E-state index is 0.488. The lowest BCUT2D eigenvalue weighted by Gasteiger charge is -2.11. The van der Waals surface area contributed by atoms with Gasteiger partial charge in [0.2, 0.25) is 0 Å². The highest BCUT2D eigenvalue weighted by atomic mass is 32.2. The van der Waals surface area contributed by atoms with Crippen LogP contribution in [0.1, 0.15) is 27.2 Å². The summed E-state index contributed by atoms with van der Waals surface area (Å²) in [6.07, 6.45) is 9.03. The van der Waals surface area contributed by atoms with Gasteiger partial charge in [0.1, 0.15) is 12.4 Å². The van der Waals surface area contributed by atoms with E-state index in [0.717, 1.165) is 29.4 Å². The first kappa shape index (κ1) is 18.1. The molecule has 0 bridgehead atoms. The Morgan fingerprint density at radius 3 is 2.58 bits per heavy atom. The van der Waals surface area contributed by atoms with E-state index in [9.17, 15) is 0 Å². The predicted molar refractivity (Wildman–Crippen MR) is 86.3 cm³/mol. The highest BCUT2D eigenvalue weighted by Gasteiger charge is 2.21. The van der Waals surface area contributed by atoms with Gasteiger partial charge in [0.05, 0.1) is 12.7 Å². The molecule has 1 fully saturated rings. The lowest BCUT2D eigenvalue weighted by Crippen LogP contribution is -1.96. The molecule has 0 aromatic carbocycles. The fraction of sp³-hybridized carbons (Fsp3) is 0.500. The smallest absolute Gasteiger partial charge is 0.132 e. The van der Waals surface area contributed by atoms with E-state index in [-0.39, 0.29) is 0 Å². The molecule has 108 valence electrons. The molecule has 1 aliphatic heterocycles. The van der Waals surface area contributed by atoms with Crippen molar-refractivity contribution in [3.63, 3.8) is 0 Å². The third-order valence-electron chi connectivity index (χ3n) is 2.23. The van der Waals surface area contributed by atoms with Crippen molar-refractivity contribution < 1.29 is 9.47 Å². The third-order valence-corrected chi connectivity index (χ3v) is 3.42. The van der Waals surface area contributed by atoms with Crippen molar-refractivity contribution >= 4 is 11.8 Å². The third kappa shape index (κ3) is 8.73. The average Bonchev–Trinajstić information content (AvgIpc) is 3.26. The van der Waals surface area contributed by atoms with Crippen LogP contribution >= 0.6 is 11.8 Å². The lowest BCUT2D eigenvalue weighted by atomic mass is 10.4. The van der Waals surface area contributed by atoms with Gasteiger partial charge in [-0.15, -0.1) is 11.8 Å². The number of hydrogen-bond acceptors (Lipinski definition) is 3. The van der Waals surface area contributed by atoms with Crippen molar-refractivity contribution in [2.24, 2.45) is 0 Å². The number of thioether (sulfide) groups is 1. The Hall–Kier alpha value is -0.930. The second kappa shape index (κ2) is 12.1. The highest BCUT2D eigenvalue weighted by molar-refractivity contribution is 8.03. The number of epoxide rings is 1. The summed E-state index contributed by atoms with van der Waals surface area (Å²) in [5.74, 6) is 1.92. The Morgan fingerprint density at radius 2 is 2.11 bits per heavy atom. The van der Waals surface area contributed by atoms with Crippen molar-refractivity contribution in [1.82, 2.24) is 0 Å². The molecule has 1 saturated heterocycles. The first-order valence-corrected chi connectivity index (χ1v) is 7.77. The molecule has 1 atom stereocenters. The minimum atomic E-state index is 0.488. The molecule has 0 saturated carbocycles. The van der Waals surface area contributed by atoms with Crippen LogP contribution in [0.5, 0.6) is 0 Å². The van der Waals surface area contributed by atoms with Gasteiger partial charge in [-0.2, -0.15) is 0 Å². The summed E-state index contributed by atoms with van der Waals surface area (Å²) in [5, 5.41) is 0. The summed E-state index contributed by atoms with van der Waals surface area (Å²) in [6.45, 7) is 14.8. The van der Waals surface area contributed by atoms with Crippen LogP contribution in [-0.2, 0) is 9.47 Å². The maximum Gasteiger partial charge on any atom is 0.132 e. The zero-order valence-corrected chi connectivity index (χ0v) is 13.2. The van der Waals surface area contributed by atoms with Gasteiger partial charge in [0.25, 0.3) is 0 Å². The van der Waals surface area contributed by atoms with Crippen LogP contribution in [0.3, 0.4) is 0 Å². The molecule has 0 radical (unpaired) electrons. The van der Waals surface area contributed by atoms with E-state index in [0.29, 0.717) is 12.7 Å². The summed E-state index contributed by atoms with van der Waals surface area (Å²) in [6, 6.07) is 0. The van der Waals surface area contributed by atoms with E-state index in [1.807, 2.05) is 26.8 Å². The van der Waals surface area contributed by atoms with Crippen molar-refractivity contribution in [1.29, 1.82) is 0 Å². The van der Waals surface area contributed by atoms with E-state index in [1.165, 1.54) is 0 Å². The monoisotopic (exact) mass is 282 g/mol. The quantitative estimate of drug-likeness (QED) is 0.264. The average molecular weight is 282 g/mol. The molecule has 0 aromatic heterocycles. The van der Waals surface area contributed by atoms with Gasteiger partial charge < -0.3 is 9.47 Å². The molecule has 1 heterocycles. The summed E-state index contributed by atoms with van der Waals surface area (Å²) in [5.41, 5.74) is 0. The molecule has 0 aliphatic carbocycles. The standard InChI is InChI=1S/C14H20O2S.C2H6/c1-4-7-13(15-9-5-2)14(6-3)17-10-8-12-11-16-12;1-2/h4-7,12H,1-2,8-11H2,3H3;1-2H3/b13-7+,14-6+;. The molecule has 1 aliphatic rings. The number of hydrogen-bond donors (Lipinski definition) is 0. The molecule has 19 heavy (non-hydrogen) atoms. The van der Waals surface area contributed by atoms with Crippen LogP contribution in [0.25, 0.3) is 0 Å². The molecule has 0 N–H and O–H groups in total. The topological polar surface area (TPSA) is 21.8 Å². The van der Waals surface area contributed by atoms with Crippen LogP contribution in [0.15, 0.2) is 48.1 Å². The first-order chi connectivity index (χ1) is 9.31.